The number of nitrogens with zero attached hydrogens (tertiary/aromatic N) is 2. The van der Waals surface area contributed by atoms with Crippen LogP contribution in [0.15, 0.2) is 47.5 Å². The number of esters is 1. The van der Waals surface area contributed by atoms with Crippen LogP contribution in [-0.2, 0) is 14.4 Å². The molecule has 31 heavy (non-hydrogen) atoms. The van der Waals surface area contributed by atoms with Gasteiger partial charge in [-0.15, -0.1) is 0 Å². The number of aliphatic imine (C=N–C) groups is 1. The number of ether oxygens (including phenoxy) is 1. The van der Waals surface area contributed by atoms with E-state index >= 15 is 0 Å². The maximum atomic E-state index is 12.8. The lowest BCUT2D eigenvalue weighted by Gasteiger charge is -2.14. The molecule has 0 spiro atoms. The predicted molar refractivity (Wildman–Crippen MR) is 123 cm³/mol. The summed E-state index contributed by atoms with van der Waals surface area (Å²) in [5.41, 5.74) is 0.875. The summed E-state index contributed by atoms with van der Waals surface area (Å²) >= 11 is 13.3. The average molecular weight is 480 g/mol. The summed E-state index contributed by atoms with van der Waals surface area (Å²) in [5.74, 6) is -0.843. The van der Waals surface area contributed by atoms with Crippen molar-refractivity contribution >= 4 is 69.3 Å². The lowest BCUT2D eigenvalue weighted by atomic mass is 10.2. The fourth-order valence-corrected chi connectivity index (χ4v) is 4.65. The van der Waals surface area contributed by atoms with Gasteiger partial charge < -0.3 is 10.1 Å². The third-order valence-electron chi connectivity index (χ3n) is 4.19. The molecule has 1 aliphatic heterocycles. The maximum absolute atomic E-state index is 12.8. The number of anilines is 1. The molecule has 0 radical (unpaired) electrons. The Morgan fingerprint density at radius 2 is 1.87 bits per heavy atom. The van der Waals surface area contributed by atoms with Gasteiger partial charge >= 0.3 is 5.97 Å². The van der Waals surface area contributed by atoms with Gasteiger partial charge in [0.2, 0.25) is 11.8 Å². The van der Waals surface area contributed by atoms with Gasteiger partial charge in [-0.3, -0.25) is 19.3 Å². The van der Waals surface area contributed by atoms with Crippen LogP contribution in [0.3, 0.4) is 0 Å². The number of amidine groups is 1. The van der Waals surface area contributed by atoms with Crippen molar-refractivity contribution in [3.05, 3.63) is 52.5 Å². The third-order valence-corrected chi connectivity index (χ3v) is 5.81. The summed E-state index contributed by atoms with van der Waals surface area (Å²) in [6.07, 6.45) is -0.0657. The largest absolute Gasteiger partial charge is 0.424 e. The van der Waals surface area contributed by atoms with Crippen LogP contribution in [0.2, 0.25) is 10.0 Å². The molecule has 1 heterocycles. The number of halogens is 2. The van der Waals surface area contributed by atoms with Crippen LogP contribution in [0.1, 0.15) is 20.3 Å². The van der Waals surface area contributed by atoms with E-state index in [1.165, 1.54) is 23.6 Å². The van der Waals surface area contributed by atoms with E-state index in [9.17, 15) is 14.4 Å². The number of thioether (sulfide) groups is 1. The molecule has 2 aromatic carbocycles. The van der Waals surface area contributed by atoms with Crippen LogP contribution < -0.4 is 10.1 Å². The number of para-hydroxylation sites is 2. The molecular formula is C21H19Cl2N3O4S. The minimum Gasteiger partial charge on any atom is -0.424 e. The molecular weight excluding hydrogens is 461 g/mol. The Hall–Kier alpha value is -2.55. The molecule has 2 amide bonds. The van der Waals surface area contributed by atoms with Crippen molar-refractivity contribution in [1.82, 2.24) is 4.90 Å². The zero-order valence-electron chi connectivity index (χ0n) is 16.7. The monoisotopic (exact) mass is 479 g/mol. The summed E-state index contributed by atoms with van der Waals surface area (Å²) in [7, 11) is 0. The molecule has 1 fully saturated rings. The quantitative estimate of drug-likeness (QED) is 0.470. The summed E-state index contributed by atoms with van der Waals surface area (Å²) in [4.78, 5) is 42.7. The summed E-state index contributed by atoms with van der Waals surface area (Å²) in [6, 6.07) is 11.5. The zero-order valence-corrected chi connectivity index (χ0v) is 19.1. The van der Waals surface area contributed by atoms with E-state index in [0.717, 1.165) is 0 Å². The highest BCUT2D eigenvalue weighted by Crippen LogP contribution is 2.33. The molecule has 162 valence electrons. The number of benzene rings is 2. The van der Waals surface area contributed by atoms with Crippen LogP contribution in [0, 0.1) is 0 Å². The Balaban J connectivity index is 1.74. The van der Waals surface area contributed by atoms with Crippen molar-refractivity contribution in [1.29, 1.82) is 0 Å². The first-order chi connectivity index (χ1) is 14.8. The van der Waals surface area contributed by atoms with E-state index in [4.69, 9.17) is 27.9 Å². The molecule has 0 bridgehead atoms. The highest BCUT2D eigenvalue weighted by Gasteiger charge is 2.38. The number of carbonyl (C=O) groups is 3. The highest BCUT2D eigenvalue weighted by molar-refractivity contribution is 8.15. The van der Waals surface area contributed by atoms with Gasteiger partial charge in [-0.25, -0.2) is 4.99 Å². The lowest BCUT2D eigenvalue weighted by Crippen LogP contribution is -2.33. The van der Waals surface area contributed by atoms with E-state index in [1.54, 1.807) is 42.5 Å². The number of amides is 2. The molecule has 3 rings (SSSR count). The Morgan fingerprint density at radius 1 is 1.19 bits per heavy atom. The molecule has 2 aromatic rings. The second-order valence-electron chi connectivity index (χ2n) is 6.55. The van der Waals surface area contributed by atoms with E-state index in [-0.39, 0.29) is 24.0 Å². The van der Waals surface area contributed by atoms with E-state index in [0.29, 0.717) is 33.1 Å². The van der Waals surface area contributed by atoms with Gasteiger partial charge in [0.05, 0.1) is 11.4 Å². The minimum absolute atomic E-state index is 0.0657. The van der Waals surface area contributed by atoms with Crippen molar-refractivity contribution in [2.45, 2.75) is 25.5 Å². The minimum atomic E-state index is -0.630. The Morgan fingerprint density at radius 3 is 2.52 bits per heavy atom. The Labute approximate surface area is 193 Å². The van der Waals surface area contributed by atoms with Crippen molar-refractivity contribution in [2.24, 2.45) is 4.99 Å². The van der Waals surface area contributed by atoms with Gasteiger partial charge in [-0.2, -0.15) is 0 Å². The van der Waals surface area contributed by atoms with Gasteiger partial charge in [0.1, 0.15) is 5.25 Å². The smallest absolute Gasteiger partial charge is 0.308 e. The first-order valence-electron chi connectivity index (χ1n) is 9.37. The predicted octanol–water partition coefficient (Wildman–Crippen LogP) is 4.90. The number of hydrogen-bond acceptors (Lipinski definition) is 6. The maximum Gasteiger partial charge on any atom is 0.308 e. The summed E-state index contributed by atoms with van der Waals surface area (Å²) in [5, 5.41) is 3.42. The van der Waals surface area contributed by atoms with Gasteiger partial charge in [-0.05, 0) is 37.3 Å². The molecule has 7 nitrogen and oxygen atoms in total. The normalized spacial score (nSPS) is 17.2. The molecule has 1 atom stereocenters. The number of nitrogens with one attached hydrogen (secondary N) is 1. The molecule has 1 unspecified atom stereocenters. The van der Waals surface area contributed by atoms with E-state index in [1.807, 2.05) is 6.92 Å². The molecule has 1 aliphatic rings. The van der Waals surface area contributed by atoms with Gasteiger partial charge in [0.25, 0.3) is 0 Å². The summed E-state index contributed by atoms with van der Waals surface area (Å²) in [6.45, 7) is 3.52. The second-order valence-corrected chi connectivity index (χ2v) is 8.60. The first-order valence-corrected chi connectivity index (χ1v) is 11.0. The Bertz CT molecular complexity index is 1040. The molecule has 1 N–H and O–H groups in total. The van der Waals surface area contributed by atoms with E-state index < -0.39 is 11.2 Å². The lowest BCUT2D eigenvalue weighted by molar-refractivity contribution is -0.132. The van der Waals surface area contributed by atoms with Gasteiger partial charge in [-0.1, -0.05) is 47.1 Å². The molecule has 1 saturated heterocycles. The third kappa shape index (κ3) is 6.00. The topological polar surface area (TPSA) is 88.1 Å². The number of hydrogen-bond donors (Lipinski definition) is 1. The van der Waals surface area contributed by atoms with Crippen LogP contribution >= 0.6 is 35.0 Å². The second kappa shape index (κ2) is 10.2. The van der Waals surface area contributed by atoms with Crippen LogP contribution in [0.25, 0.3) is 0 Å². The summed E-state index contributed by atoms with van der Waals surface area (Å²) < 4.78 is 5.10. The average Bonchev–Trinajstić information content (AvgIpc) is 2.96. The standard InChI is InChI=1S/C21H19Cl2N3O4S/c1-3-26-20(29)18(31-21(26)24-15-9-13(22)8-14(23)10-15)11-19(28)25-16-6-4-5-7-17(16)30-12(2)27/h4-10,18H,3,11H2,1-2H3,(H,25,28). The zero-order chi connectivity index (χ0) is 22.5. The van der Waals surface area contributed by atoms with Crippen LogP contribution in [-0.4, -0.2) is 39.6 Å². The van der Waals surface area contributed by atoms with Gasteiger partial charge in [0, 0.05) is 29.9 Å². The molecule has 0 aromatic heterocycles. The van der Waals surface area contributed by atoms with Gasteiger partial charge in [0.15, 0.2) is 10.9 Å². The van der Waals surface area contributed by atoms with Crippen LogP contribution in [0.5, 0.6) is 5.75 Å². The van der Waals surface area contributed by atoms with Crippen LogP contribution in [0.4, 0.5) is 11.4 Å². The van der Waals surface area contributed by atoms with E-state index in [2.05, 4.69) is 10.3 Å². The number of rotatable bonds is 6. The Kier molecular flexibility index (Phi) is 7.59. The highest BCUT2D eigenvalue weighted by atomic mass is 35.5. The SMILES string of the molecule is CCN1C(=O)C(CC(=O)Nc2ccccc2OC(C)=O)SC1=Nc1cc(Cl)cc(Cl)c1. The van der Waals surface area contributed by atoms with Crippen molar-refractivity contribution in [2.75, 3.05) is 11.9 Å². The molecule has 0 saturated carbocycles. The fourth-order valence-electron chi connectivity index (χ4n) is 2.91. The fraction of sp³-hybridized carbons (Fsp3) is 0.238. The van der Waals surface area contributed by atoms with Crippen molar-refractivity contribution in [3.8, 4) is 5.75 Å². The first kappa shape index (κ1) is 23.1. The van der Waals surface area contributed by atoms with Crippen molar-refractivity contribution < 1.29 is 19.1 Å². The van der Waals surface area contributed by atoms with Crippen molar-refractivity contribution in [3.63, 3.8) is 0 Å². The molecule has 0 aliphatic carbocycles. The number of carbonyl (C=O) groups excluding carboxylic acids is 3. The molecule has 10 heteroatoms.